The van der Waals surface area contributed by atoms with Crippen LogP contribution in [-0.2, 0) is 4.74 Å². The minimum Gasteiger partial charge on any atom is -0.383 e. The third-order valence-corrected chi connectivity index (χ3v) is 4.05. The van der Waals surface area contributed by atoms with Gasteiger partial charge in [0.25, 0.3) is 0 Å². The number of likely N-dealkylation sites (tertiary alicyclic amines) is 1. The minimum absolute atomic E-state index is 0.0306. The molecule has 0 saturated carbocycles. The van der Waals surface area contributed by atoms with Crippen LogP contribution in [0.25, 0.3) is 0 Å². The smallest absolute Gasteiger partial charge is 0.105 e. The summed E-state index contributed by atoms with van der Waals surface area (Å²) in [5, 5.41) is 0. The molecule has 2 atom stereocenters. The average Bonchev–Trinajstić information content (AvgIpc) is 2.75. The Hall–Kier alpha value is -0.830. The van der Waals surface area contributed by atoms with Crippen LogP contribution in [-0.4, -0.2) is 43.1 Å². The zero-order chi connectivity index (χ0) is 16.3. The van der Waals surface area contributed by atoms with E-state index in [-0.39, 0.29) is 16.9 Å². The quantitative estimate of drug-likeness (QED) is 0.442. The molecule has 0 spiro atoms. The number of rotatable bonds is 4. The lowest BCUT2D eigenvalue weighted by molar-refractivity contribution is 0.141. The molecule has 3 nitrogen and oxygen atoms in total. The predicted octanol–water partition coefficient (Wildman–Crippen LogP) is 4.14. The first kappa shape index (κ1) is 18.2. The highest BCUT2D eigenvalue weighted by Gasteiger charge is 2.34. The van der Waals surface area contributed by atoms with Gasteiger partial charge in [-0.1, -0.05) is 47.6 Å². The van der Waals surface area contributed by atoms with Gasteiger partial charge in [0.05, 0.1) is 18.7 Å². The predicted molar refractivity (Wildman–Crippen MR) is 91.9 cm³/mol. The Labute approximate surface area is 131 Å². The lowest BCUT2D eigenvalue weighted by Crippen LogP contribution is -2.45. The molecular weight excluding hydrogens is 260 g/mol. The fourth-order valence-corrected chi connectivity index (χ4v) is 2.91. The van der Waals surface area contributed by atoms with Crippen LogP contribution in [0.1, 0.15) is 54.4 Å². The molecule has 1 saturated heterocycles. The minimum atomic E-state index is 0.0306. The van der Waals surface area contributed by atoms with E-state index in [1.165, 1.54) is 18.7 Å². The molecule has 3 heteroatoms. The normalized spacial score (nSPS) is 22.5. The van der Waals surface area contributed by atoms with Crippen molar-refractivity contribution in [1.29, 1.82) is 0 Å². The van der Waals surface area contributed by atoms with Crippen molar-refractivity contribution in [3.63, 3.8) is 0 Å². The van der Waals surface area contributed by atoms with Crippen LogP contribution in [0.3, 0.4) is 0 Å². The molecule has 0 radical (unpaired) electrons. The molecule has 0 amide bonds. The highest BCUT2D eigenvalue weighted by atomic mass is 16.5. The first-order valence-corrected chi connectivity index (χ1v) is 8.07. The summed E-state index contributed by atoms with van der Waals surface area (Å²) in [7, 11) is 1.78. The molecule has 1 fully saturated rings. The zero-order valence-corrected chi connectivity index (χ0v) is 15.1. The van der Waals surface area contributed by atoms with Crippen molar-refractivity contribution in [2.45, 2.75) is 66.5 Å². The van der Waals surface area contributed by atoms with Crippen LogP contribution in [0, 0.1) is 10.8 Å². The van der Waals surface area contributed by atoms with Crippen LogP contribution in [0.5, 0.6) is 0 Å². The SMILES string of the molecule is C=CC(N=C(N1CCC[C@H]1COC)C(C)(C)C)C(C)(C)C. The molecular formula is C18H34N2O. The molecule has 122 valence electrons. The van der Waals surface area contributed by atoms with Gasteiger partial charge < -0.3 is 9.64 Å². The topological polar surface area (TPSA) is 24.8 Å². The fraction of sp³-hybridized carbons (Fsp3) is 0.833. The first-order valence-electron chi connectivity index (χ1n) is 8.07. The van der Waals surface area contributed by atoms with Gasteiger partial charge in [-0.05, 0) is 18.3 Å². The Morgan fingerprint density at radius 3 is 2.38 bits per heavy atom. The summed E-state index contributed by atoms with van der Waals surface area (Å²) in [5.74, 6) is 1.20. The van der Waals surface area contributed by atoms with Gasteiger partial charge in [0.1, 0.15) is 5.84 Å². The monoisotopic (exact) mass is 294 g/mol. The molecule has 0 aromatic rings. The molecule has 1 unspecified atom stereocenters. The largest absolute Gasteiger partial charge is 0.383 e. The number of aliphatic imine (C=N–C) groups is 1. The number of methoxy groups -OCH3 is 1. The highest BCUT2D eigenvalue weighted by Crippen LogP contribution is 2.30. The summed E-state index contributed by atoms with van der Waals surface area (Å²) in [6.45, 7) is 19.3. The summed E-state index contributed by atoms with van der Waals surface area (Å²) in [6.07, 6.45) is 4.39. The highest BCUT2D eigenvalue weighted by molar-refractivity contribution is 5.88. The molecule has 0 bridgehead atoms. The lowest BCUT2D eigenvalue weighted by atomic mass is 9.86. The second kappa shape index (κ2) is 6.95. The summed E-state index contributed by atoms with van der Waals surface area (Å²) in [4.78, 5) is 7.58. The molecule has 1 rings (SSSR count). The molecule has 0 aromatic carbocycles. The van der Waals surface area contributed by atoms with Gasteiger partial charge in [0.15, 0.2) is 0 Å². The lowest BCUT2D eigenvalue weighted by Gasteiger charge is -2.37. The number of nitrogens with zero attached hydrogens (tertiary/aromatic N) is 2. The van der Waals surface area contributed by atoms with Gasteiger partial charge >= 0.3 is 0 Å². The Kier molecular flexibility index (Phi) is 6.03. The van der Waals surface area contributed by atoms with Crippen LogP contribution >= 0.6 is 0 Å². The zero-order valence-electron chi connectivity index (χ0n) is 15.1. The molecule has 1 heterocycles. The van der Waals surface area contributed by atoms with E-state index in [0.29, 0.717) is 6.04 Å². The number of ether oxygens (including phenoxy) is 1. The number of amidine groups is 1. The maximum Gasteiger partial charge on any atom is 0.105 e. The van der Waals surface area contributed by atoms with E-state index < -0.39 is 0 Å². The van der Waals surface area contributed by atoms with Gasteiger partial charge in [0, 0.05) is 19.1 Å². The van der Waals surface area contributed by atoms with E-state index in [1.54, 1.807) is 7.11 Å². The van der Waals surface area contributed by atoms with Crippen molar-refractivity contribution < 1.29 is 4.74 Å². The molecule has 1 aliphatic rings. The van der Waals surface area contributed by atoms with Crippen molar-refractivity contribution in [2.24, 2.45) is 15.8 Å². The summed E-state index contributed by atoms with van der Waals surface area (Å²) < 4.78 is 5.40. The second-order valence-corrected chi connectivity index (χ2v) is 8.19. The molecule has 21 heavy (non-hydrogen) atoms. The summed E-state index contributed by atoms with van der Waals surface area (Å²) >= 11 is 0. The van der Waals surface area contributed by atoms with Gasteiger partial charge in [0.2, 0.25) is 0 Å². The maximum atomic E-state index is 5.40. The third kappa shape index (κ3) is 4.84. The van der Waals surface area contributed by atoms with Crippen LogP contribution in [0.2, 0.25) is 0 Å². The van der Waals surface area contributed by atoms with Crippen molar-refractivity contribution in [3.05, 3.63) is 12.7 Å². The average molecular weight is 294 g/mol. The van der Waals surface area contributed by atoms with Crippen molar-refractivity contribution in [3.8, 4) is 0 Å². The Morgan fingerprint density at radius 2 is 1.95 bits per heavy atom. The summed E-state index contributed by atoms with van der Waals surface area (Å²) in [5.41, 5.74) is 0.123. The van der Waals surface area contributed by atoms with E-state index in [1.807, 2.05) is 6.08 Å². The van der Waals surface area contributed by atoms with Crippen LogP contribution in [0.4, 0.5) is 0 Å². The van der Waals surface area contributed by atoms with Crippen molar-refractivity contribution in [2.75, 3.05) is 20.3 Å². The van der Waals surface area contributed by atoms with Gasteiger partial charge in [-0.2, -0.15) is 0 Å². The van der Waals surface area contributed by atoms with Gasteiger partial charge in [-0.15, -0.1) is 6.58 Å². The Morgan fingerprint density at radius 1 is 1.33 bits per heavy atom. The number of hydrogen-bond acceptors (Lipinski definition) is 2. The van der Waals surface area contributed by atoms with Gasteiger partial charge in [-0.3, -0.25) is 4.99 Å². The third-order valence-electron chi connectivity index (χ3n) is 4.05. The van der Waals surface area contributed by atoms with Crippen molar-refractivity contribution in [1.82, 2.24) is 4.90 Å². The molecule has 0 aromatic heterocycles. The maximum absolute atomic E-state index is 5.40. The molecule has 0 aliphatic carbocycles. The van der Waals surface area contributed by atoms with E-state index in [0.717, 1.165) is 13.2 Å². The van der Waals surface area contributed by atoms with E-state index >= 15 is 0 Å². The number of hydrogen-bond donors (Lipinski definition) is 0. The first-order chi connectivity index (χ1) is 9.61. The molecule has 1 aliphatic heterocycles. The second-order valence-electron chi connectivity index (χ2n) is 8.19. The Balaban J connectivity index is 3.14. The van der Waals surface area contributed by atoms with Crippen molar-refractivity contribution >= 4 is 5.84 Å². The Bertz CT molecular complexity index is 374. The van der Waals surface area contributed by atoms with Crippen LogP contribution < -0.4 is 0 Å². The van der Waals surface area contributed by atoms with E-state index in [4.69, 9.17) is 9.73 Å². The van der Waals surface area contributed by atoms with Gasteiger partial charge in [-0.25, -0.2) is 0 Å². The van der Waals surface area contributed by atoms with E-state index in [9.17, 15) is 0 Å². The summed E-state index contributed by atoms with van der Waals surface area (Å²) in [6, 6.07) is 0.592. The fourth-order valence-electron chi connectivity index (χ4n) is 2.91. The standard InChI is InChI=1S/C18H34N2O/c1-9-15(17(2,3)4)19-16(18(5,6)7)20-12-10-11-14(20)13-21-8/h9,14-15H,1,10-13H2,2-8H3/t14-,15?/m0/s1. The van der Waals surface area contributed by atoms with E-state index in [2.05, 4.69) is 53.0 Å². The molecule has 0 N–H and O–H groups in total. The van der Waals surface area contributed by atoms with Crippen LogP contribution in [0.15, 0.2) is 17.6 Å².